The molecule has 2 fully saturated rings. The number of nitrogens with zero attached hydrogens (tertiary/aromatic N) is 1. The molecule has 2 aromatic rings. The second-order valence-electron chi connectivity index (χ2n) is 9.64. The van der Waals surface area contributed by atoms with Crippen molar-refractivity contribution in [2.24, 2.45) is 5.92 Å². The minimum absolute atomic E-state index is 0.0384. The first-order chi connectivity index (χ1) is 18.0. The molecule has 2 aliphatic rings. The Labute approximate surface area is 229 Å². The molecular weight excluding hydrogens is 512 g/mol. The Morgan fingerprint density at radius 2 is 1.76 bits per heavy atom. The van der Waals surface area contributed by atoms with Crippen LogP contribution in [0.1, 0.15) is 36.3 Å². The van der Waals surface area contributed by atoms with Gasteiger partial charge in [-0.3, -0.25) is 14.5 Å². The minimum atomic E-state index is -0.227. The summed E-state index contributed by atoms with van der Waals surface area (Å²) in [6.07, 6.45) is 3.64. The van der Waals surface area contributed by atoms with Gasteiger partial charge in [0.05, 0.1) is 31.7 Å². The third-order valence-electron chi connectivity index (χ3n) is 7.40. The molecular formula is C28H35ClN2O5S. The first-order valence-electron chi connectivity index (χ1n) is 12.8. The molecule has 37 heavy (non-hydrogen) atoms. The lowest BCUT2D eigenvalue weighted by atomic mass is 9.76. The van der Waals surface area contributed by atoms with E-state index < -0.39 is 0 Å². The largest absolute Gasteiger partial charge is 0.465 e. The Hall–Kier alpha value is -2.10. The molecule has 200 valence electrons. The van der Waals surface area contributed by atoms with E-state index in [0.717, 1.165) is 30.4 Å². The number of ether oxygens (including phenoxy) is 3. The second kappa shape index (κ2) is 13.6. The normalized spacial score (nSPS) is 23.1. The van der Waals surface area contributed by atoms with Gasteiger partial charge in [0.2, 0.25) is 5.91 Å². The van der Waals surface area contributed by atoms with Crippen molar-refractivity contribution in [3.05, 3.63) is 64.7 Å². The smallest absolute Gasteiger partial charge is 0.309 e. The fourth-order valence-corrected chi connectivity index (χ4v) is 5.78. The number of fused-ring (bicyclic) bond motifs is 2. The van der Waals surface area contributed by atoms with Gasteiger partial charge in [-0.1, -0.05) is 35.9 Å². The van der Waals surface area contributed by atoms with Crippen LogP contribution in [0.15, 0.2) is 48.5 Å². The van der Waals surface area contributed by atoms with Gasteiger partial charge in [0.25, 0.3) is 0 Å². The molecule has 4 rings (SSSR count). The first-order valence-corrected chi connectivity index (χ1v) is 13.8. The number of carbonyl (C=O) groups excluding carboxylic acids is 2. The molecule has 1 amide bonds. The van der Waals surface area contributed by atoms with Crippen molar-refractivity contribution < 1.29 is 23.8 Å². The van der Waals surface area contributed by atoms with Crippen LogP contribution in [0.2, 0.25) is 5.02 Å². The molecule has 4 atom stereocenters. The SMILES string of the molecule is CN1[C@H]2CC[C@@H]1C(c1ccc(Cl)cc1)C(C(=O)OCCc1ccc(NC(=O)COCCOCS)cc1)C2. The van der Waals surface area contributed by atoms with Crippen molar-refractivity contribution in [1.82, 2.24) is 4.90 Å². The highest BCUT2D eigenvalue weighted by Crippen LogP contribution is 2.47. The van der Waals surface area contributed by atoms with Crippen LogP contribution >= 0.6 is 24.2 Å². The summed E-state index contributed by atoms with van der Waals surface area (Å²) in [5.41, 5.74) is 2.87. The zero-order valence-electron chi connectivity index (χ0n) is 21.1. The van der Waals surface area contributed by atoms with Gasteiger partial charge in [0.15, 0.2) is 0 Å². The third kappa shape index (κ3) is 7.48. The van der Waals surface area contributed by atoms with Gasteiger partial charge in [0, 0.05) is 35.1 Å². The monoisotopic (exact) mass is 546 g/mol. The van der Waals surface area contributed by atoms with Crippen LogP contribution in [0.4, 0.5) is 5.69 Å². The number of thiol groups is 1. The lowest BCUT2D eigenvalue weighted by molar-refractivity contribution is -0.152. The summed E-state index contributed by atoms with van der Waals surface area (Å²) in [5.74, 6) is -0.0667. The summed E-state index contributed by atoms with van der Waals surface area (Å²) in [5, 5.41) is 3.50. The van der Waals surface area contributed by atoms with Crippen molar-refractivity contribution in [2.75, 3.05) is 44.7 Å². The minimum Gasteiger partial charge on any atom is -0.465 e. The van der Waals surface area contributed by atoms with Gasteiger partial charge < -0.3 is 19.5 Å². The highest BCUT2D eigenvalue weighted by Gasteiger charge is 2.49. The molecule has 2 aromatic carbocycles. The van der Waals surface area contributed by atoms with Gasteiger partial charge >= 0.3 is 5.97 Å². The quantitative estimate of drug-likeness (QED) is 0.176. The van der Waals surface area contributed by atoms with Crippen molar-refractivity contribution in [3.63, 3.8) is 0 Å². The third-order valence-corrected chi connectivity index (χ3v) is 7.83. The lowest BCUT2D eigenvalue weighted by Gasteiger charge is -2.42. The zero-order valence-corrected chi connectivity index (χ0v) is 22.8. The van der Waals surface area contributed by atoms with E-state index in [-0.39, 0.29) is 30.3 Å². The summed E-state index contributed by atoms with van der Waals surface area (Å²) < 4.78 is 16.1. The van der Waals surface area contributed by atoms with Crippen LogP contribution in [-0.4, -0.2) is 68.3 Å². The molecule has 2 unspecified atom stereocenters. The molecule has 1 N–H and O–H groups in total. The Morgan fingerprint density at radius 1 is 1.03 bits per heavy atom. The highest BCUT2D eigenvalue weighted by atomic mass is 35.5. The fourth-order valence-electron chi connectivity index (χ4n) is 5.52. The standard InChI is InChI=1S/C28H35ClN2O5S/c1-31-23-10-11-25(31)27(20-4-6-21(29)7-5-20)24(16-23)28(33)36-13-12-19-2-8-22(9-3-19)30-26(32)17-34-14-15-35-18-37/h2-9,23-25,27,37H,10-18H2,1H3,(H,30,32)/t23-,24?,25+,27?/m0/s1. The van der Waals surface area contributed by atoms with Crippen molar-refractivity contribution in [3.8, 4) is 0 Å². The maximum atomic E-state index is 13.2. The van der Waals surface area contributed by atoms with E-state index in [1.807, 2.05) is 48.5 Å². The van der Waals surface area contributed by atoms with Crippen LogP contribution in [0, 0.1) is 5.92 Å². The Bertz CT molecular complexity index is 1040. The number of anilines is 1. The first kappa shape index (κ1) is 27.9. The maximum absolute atomic E-state index is 13.2. The molecule has 2 saturated heterocycles. The van der Waals surface area contributed by atoms with E-state index in [0.29, 0.717) is 55.0 Å². The van der Waals surface area contributed by atoms with Gasteiger partial charge in [-0.15, -0.1) is 0 Å². The van der Waals surface area contributed by atoms with Crippen molar-refractivity contribution in [1.29, 1.82) is 0 Å². The lowest BCUT2D eigenvalue weighted by Crippen LogP contribution is -2.48. The summed E-state index contributed by atoms with van der Waals surface area (Å²) >= 11 is 10.1. The molecule has 0 saturated carbocycles. The molecule has 0 aromatic heterocycles. The number of nitrogens with one attached hydrogen (secondary N) is 1. The zero-order chi connectivity index (χ0) is 26.2. The predicted molar refractivity (Wildman–Crippen MR) is 147 cm³/mol. The summed E-state index contributed by atoms with van der Waals surface area (Å²) in [6, 6.07) is 16.2. The number of hydrogen-bond acceptors (Lipinski definition) is 7. The van der Waals surface area contributed by atoms with Crippen LogP contribution in [0.5, 0.6) is 0 Å². The number of carbonyl (C=O) groups is 2. The number of halogens is 1. The van der Waals surface area contributed by atoms with E-state index in [1.165, 1.54) is 0 Å². The second-order valence-corrected chi connectivity index (χ2v) is 10.3. The number of esters is 1. The van der Waals surface area contributed by atoms with Gasteiger partial charge in [-0.2, -0.15) is 12.6 Å². The Balaban J connectivity index is 1.26. The number of hydrogen-bond donors (Lipinski definition) is 2. The Morgan fingerprint density at radius 3 is 2.49 bits per heavy atom. The number of likely N-dealkylation sites (N-methyl/N-ethyl adjacent to an activating group) is 1. The van der Waals surface area contributed by atoms with Gasteiger partial charge in [0.1, 0.15) is 6.61 Å². The predicted octanol–water partition coefficient (Wildman–Crippen LogP) is 4.55. The number of amides is 1. The van der Waals surface area contributed by atoms with E-state index in [9.17, 15) is 9.59 Å². The molecule has 0 spiro atoms. The molecule has 2 aliphatic heterocycles. The van der Waals surface area contributed by atoms with Crippen molar-refractivity contribution in [2.45, 2.75) is 43.7 Å². The van der Waals surface area contributed by atoms with E-state index in [4.69, 9.17) is 25.8 Å². The fraction of sp³-hybridized carbons (Fsp3) is 0.500. The van der Waals surface area contributed by atoms with Gasteiger partial charge in [-0.05, 0) is 61.7 Å². The van der Waals surface area contributed by atoms with Gasteiger partial charge in [-0.25, -0.2) is 0 Å². The Kier molecular flexibility index (Phi) is 10.3. The average Bonchev–Trinajstić information content (AvgIpc) is 3.12. The van der Waals surface area contributed by atoms with Crippen molar-refractivity contribution >= 4 is 41.8 Å². The molecule has 7 nitrogen and oxygen atoms in total. The number of benzene rings is 2. The van der Waals surface area contributed by atoms with Crippen LogP contribution < -0.4 is 5.32 Å². The number of rotatable bonds is 12. The summed E-state index contributed by atoms with van der Waals surface area (Å²) in [4.78, 5) is 27.7. The van der Waals surface area contributed by atoms with Crippen LogP contribution in [-0.2, 0) is 30.2 Å². The molecule has 2 heterocycles. The molecule has 9 heteroatoms. The molecule has 0 aliphatic carbocycles. The van der Waals surface area contributed by atoms with Crippen LogP contribution in [0.3, 0.4) is 0 Å². The summed E-state index contributed by atoms with van der Waals surface area (Å²) in [6.45, 7) is 1.02. The number of piperidine rings is 1. The highest BCUT2D eigenvalue weighted by molar-refractivity contribution is 7.80. The maximum Gasteiger partial charge on any atom is 0.309 e. The van der Waals surface area contributed by atoms with E-state index in [2.05, 4.69) is 29.9 Å². The molecule has 0 radical (unpaired) electrons. The van der Waals surface area contributed by atoms with Crippen LogP contribution in [0.25, 0.3) is 0 Å². The topological polar surface area (TPSA) is 77.1 Å². The summed E-state index contributed by atoms with van der Waals surface area (Å²) in [7, 11) is 2.17. The van der Waals surface area contributed by atoms with E-state index in [1.54, 1.807) is 0 Å². The van der Waals surface area contributed by atoms with E-state index >= 15 is 0 Å². The molecule has 2 bridgehead atoms. The average molecular weight is 547 g/mol.